The van der Waals surface area contributed by atoms with Crippen LogP contribution in [0.1, 0.15) is 41.6 Å². The molecule has 0 aliphatic carbocycles. The quantitative estimate of drug-likeness (QED) is 0.322. The fourth-order valence-corrected chi connectivity index (χ4v) is 4.95. The lowest BCUT2D eigenvalue weighted by molar-refractivity contribution is 0.0954. The van der Waals surface area contributed by atoms with Gasteiger partial charge < -0.3 is 20.4 Å². The molecule has 0 unspecified atom stereocenters. The molecule has 3 aromatic rings. The maximum absolute atomic E-state index is 12.9. The van der Waals surface area contributed by atoms with Gasteiger partial charge in [-0.1, -0.05) is 23.4 Å². The van der Waals surface area contributed by atoms with Gasteiger partial charge in [0.15, 0.2) is 0 Å². The number of hydrogen-bond acceptors (Lipinski definition) is 7. The summed E-state index contributed by atoms with van der Waals surface area (Å²) in [6, 6.07) is 16.9. The molecule has 8 nitrogen and oxygen atoms in total. The van der Waals surface area contributed by atoms with Crippen molar-refractivity contribution in [3.8, 4) is 0 Å². The van der Waals surface area contributed by atoms with E-state index in [1.807, 2.05) is 24.3 Å². The number of likely N-dealkylation sites (N-methyl/N-ethyl adjacent to an activating group) is 1. The third kappa shape index (κ3) is 6.78. The Morgan fingerprint density at radius 2 is 1.95 bits per heavy atom. The van der Waals surface area contributed by atoms with E-state index in [1.165, 1.54) is 35.8 Å². The molecule has 0 saturated carbocycles. The summed E-state index contributed by atoms with van der Waals surface area (Å²) in [5, 5.41) is 9.68. The minimum Gasteiger partial charge on any atom is -0.399 e. The Morgan fingerprint density at radius 3 is 2.76 bits per heavy atom. The van der Waals surface area contributed by atoms with Crippen LogP contribution < -0.4 is 10.6 Å². The summed E-state index contributed by atoms with van der Waals surface area (Å²) in [5.41, 5.74) is 5.40. The highest BCUT2D eigenvalue weighted by atomic mass is 32.1. The van der Waals surface area contributed by atoms with Crippen LogP contribution in [0.4, 0.5) is 5.69 Å². The number of nitrogens with one attached hydrogen (secondary N) is 2. The number of hydrogen-bond donors (Lipinski definition) is 2. The molecule has 1 aromatic heterocycles. The molecule has 0 fully saturated rings. The van der Waals surface area contributed by atoms with E-state index < -0.39 is 0 Å². The van der Waals surface area contributed by atoms with E-state index in [0.717, 1.165) is 35.6 Å². The maximum atomic E-state index is 12.9. The van der Waals surface area contributed by atoms with Crippen molar-refractivity contribution >= 4 is 47.3 Å². The third-order valence-corrected chi connectivity index (χ3v) is 7.08. The largest absolute Gasteiger partial charge is 0.399 e. The number of nitrogens with zero attached hydrogens (tertiary/aromatic N) is 3. The molecule has 2 N–H and O–H groups in total. The summed E-state index contributed by atoms with van der Waals surface area (Å²) in [7, 11) is 3.55. The van der Waals surface area contributed by atoms with Gasteiger partial charge in [-0.3, -0.25) is 14.6 Å². The minimum atomic E-state index is -0.209. The number of amides is 2. The highest BCUT2D eigenvalue weighted by molar-refractivity contribution is 7.15. The summed E-state index contributed by atoms with van der Waals surface area (Å²) in [5.74, 6) is -0.396. The van der Waals surface area contributed by atoms with E-state index in [0.29, 0.717) is 22.6 Å². The lowest BCUT2D eigenvalue weighted by atomic mass is 9.99. The number of oxime groups is 1. The Balaban J connectivity index is 1.37. The minimum absolute atomic E-state index is 0.187. The number of benzene rings is 2. The van der Waals surface area contributed by atoms with Crippen LogP contribution in [0.15, 0.2) is 70.9 Å². The molecule has 190 valence electrons. The number of anilines is 1. The first kappa shape index (κ1) is 26.0. The van der Waals surface area contributed by atoms with Crippen LogP contribution in [-0.4, -0.2) is 50.3 Å². The molecule has 0 atom stereocenters. The fraction of sp³-hybridized carbons (Fsp3) is 0.214. The third-order valence-electron chi connectivity index (χ3n) is 5.95. The van der Waals surface area contributed by atoms with E-state index in [1.54, 1.807) is 24.4 Å². The van der Waals surface area contributed by atoms with Crippen molar-refractivity contribution in [2.24, 2.45) is 10.1 Å². The molecular weight excluding hydrogens is 486 g/mol. The second-order valence-corrected chi connectivity index (χ2v) is 9.74. The molecule has 1 aliphatic heterocycles. The van der Waals surface area contributed by atoms with Crippen molar-refractivity contribution in [2.75, 3.05) is 26.0 Å². The van der Waals surface area contributed by atoms with Gasteiger partial charge in [-0.2, -0.15) is 0 Å². The van der Waals surface area contributed by atoms with Gasteiger partial charge >= 0.3 is 0 Å². The Kier molecular flexibility index (Phi) is 8.60. The second kappa shape index (κ2) is 12.2. The topological polar surface area (TPSA) is 95.4 Å². The van der Waals surface area contributed by atoms with Gasteiger partial charge in [-0.25, -0.2) is 0 Å². The van der Waals surface area contributed by atoms with Gasteiger partial charge in [0.1, 0.15) is 7.11 Å². The van der Waals surface area contributed by atoms with Gasteiger partial charge in [0.05, 0.1) is 11.1 Å². The normalized spacial score (nSPS) is 13.7. The van der Waals surface area contributed by atoms with Crippen LogP contribution in [0.3, 0.4) is 0 Å². The van der Waals surface area contributed by atoms with Gasteiger partial charge in [-0.05, 0) is 73.3 Å². The number of rotatable bonds is 9. The molecule has 9 heteroatoms. The average molecular weight is 516 g/mol. The molecule has 4 rings (SSSR count). The summed E-state index contributed by atoms with van der Waals surface area (Å²) in [4.78, 5) is 37.8. The molecule has 2 aromatic carbocycles. The highest BCUT2D eigenvalue weighted by Gasteiger charge is 2.15. The number of fused-ring (bicyclic) bond motifs is 1. The molecular formula is C28H29N5O3S. The molecule has 2 heterocycles. The molecule has 1 aliphatic rings. The lowest BCUT2D eigenvalue weighted by Crippen LogP contribution is -2.26. The summed E-state index contributed by atoms with van der Waals surface area (Å²) >= 11 is 1.31. The van der Waals surface area contributed by atoms with Gasteiger partial charge in [0.25, 0.3) is 11.8 Å². The molecule has 0 spiro atoms. The van der Waals surface area contributed by atoms with E-state index in [-0.39, 0.29) is 11.8 Å². The second-order valence-electron chi connectivity index (χ2n) is 8.66. The van der Waals surface area contributed by atoms with E-state index >= 15 is 0 Å². The zero-order valence-electron chi connectivity index (χ0n) is 20.9. The molecule has 0 saturated heterocycles. The Labute approximate surface area is 220 Å². The lowest BCUT2D eigenvalue weighted by Gasteiger charge is -2.25. The zero-order valence-corrected chi connectivity index (χ0v) is 21.7. The number of aliphatic imine (C=N–C) groups is 1. The fourth-order valence-electron chi connectivity index (χ4n) is 4.05. The first-order chi connectivity index (χ1) is 18.0. The van der Waals surface area contributed by atoms with Crippen molar-refractivity contribution in [2.45, 2.75) is 19.5 Å². The highest BCUT2D eigenvalue weighted by Crippen LogP contribution is 2.24. The Hall–Kier alpha value is -4.08. The van der Waals surface area contributed by atoms with Crippen LogP contribution in [0, 0.1) is 0 Å². The van der Waals surface area contributed by atoms with Crippen LogP contribution in [0.25, 0.3) is 5.57 Å². The number of thiophene rings is 1. The van der Waals surface area contributed by atoms with Crippen molar-refractivity contribution in [3.63, 3.8) is 0 Å². The van der Waals surface area contributed by atoms with E-state index in [9.17, 15) is 9.59 Å². The van der Waals surface area contributed by atoms with E-state index in [2.05, 4.69) is 51.6 Å². The zero-order chi connectivity index (χ0) is 26.2. The predicted molar refractivity (Wildman–Crippen MR) is 149 cm³/mol. The monoisotopic (exact) mass is 515 g/mol. The molecule has 37 heavy (non-hydrogen) atoms. The predicted octanol–water partition coefficient (Wildman–Crippen LogP) is 4.59. The van der Waals surface area contributed by atoms with Crippen molar-refractivity contribution < 1.29 is 14.4 Å². The van der Waals surface area contributed by atoms with Crippen molar-refractivity contribution in [3.05, 3.63) is 92.8 Å². The maximum Gasteiger partial charge on any atom is 0.261 e. The molecule has 0 bridgehead atoms. The smallest absolute Gasteiger partial charge is 0.261 e. The van der Waals surface area contributed by atoms with Crippen LogP contribution in [0.2, 0.25) is 0 Å². The first-order valence-corrected chi connectivity index (χ1v) is 12.6. The number of allylic oxidation sites excluding steroid dienone is 1. The number of carbonyl (C=O) groups is 2. The van der Waals surface area contributed by atoms with Crippen LogP contribution >= 0.6 is 11.3 Å². The van der Waals surface area contributed by atoms with Gasteiger partial charge in [0, 0.05) is 47.5 Å². The van der Waals surface area contributed by atoms with Crippen LogP contribution in [0.5, 0.6) is 0 Å². The molecule has 2 amide bonds. The molecule has 0 radical (unpaired) electrons. The average Bonchev–Trinajstić information content (AvgIpc) is 3.40. The van der Waals surface area contributed by atoms with Crippen LogP contribution in [-0.2, 0) is 24.3 Å². The Bertz CT molecular complexity index is 1360. The number of carbonyl (C=O) groups excluding carboxylic acids is 2. The SMILES string of the molecule is C=N/C=C(\C=N/OC)c1ccc(C(=O)NCc2cccc(C(=O)Nc3ccc4c(c3)CN(C)CC4)c2)s1. The Morgan fingerprint density at radius 1 is 1.11 bits per heavy atom. The first-order valence-electron chi connectivity index (χ1n) is 11.8. The van der Waals surface area contributed by atoms with E-state index in [4.69, 9.17) is 4.84 Å². The standard InChI is InChI=1S/C28H29N5O3S/c1-29-16-23(17-31-36-3)25-9-10-26(37-25)28(35)30-15-19-5-4-6-21(13-19)27(34)32-24-8-7-20-11-12-33(2)18-22(20)14-24/h4-10,13-14,16-17H,1,11-12,15,18H2,2-3H3,(H,30,35)(H,32,34)/b23-16+,31-17-. The van der Waals surface area contributed by atoms with Crippen molar-refractivity contribution in [1.29, 1.82) is 0 Å². The summed E-state index contributed by atoms with van der Waals surface area (Å²) < 4.78 is 0. The summed E-state index contributed by atoms with van der Waals surface area (Å²) in [6.45, 7) is 5.68. The summed E-state index contributed by atoms with van der Waals surface area (Å²) in [6.07, 6.45) is 4.09. The van der Waals surface area contributed by atoms with Crippen molar-refractivity contribution in [1.82, 2.24) is 10.2 Å². The van der Waals surface area contributed by atoms with Gasteiger partial charge in [-0.15, -0.1) is 11.3 Å². The van der Waals surface area contributed by atoms with Gasteiger partial charge in [0.2, 0.25) is 0 Å².